The number of hydrogen-bond acceptors (Lipinski definition) is 15. The first-order valence-electron chi connectivity index (χ1n) is 40.0. The van der Waals surface area contributed by atoms with Gasteiger partial charge >= 0.3 is 39.5 Å². The molecule has 96 heavy (non-hydrogen) atoms. The van der Waals surface area contributed by atoms with Crippen molar-refractivity contribution >= 4 is 39.5 Å². The van der Waals surface area contributed by atoms with Crippen molar-refractivity contribution in [3.8, 4) is 0 Å². The third-order valence-corrected chi connectivity index (χ3v) is 19.9. The molecule has 0 heterocycles. The second kappa shape index (κ2) is 68.8. The molecule has 17 nitrogen and oxygen atoms in total. The van der Waals surface area contributed by atoms with Crippen LogP contribution in [0.3, 0.4) is 0 Å². The molecule has 0 saturated carbocycles. The van der Waals surface area contributed by atoms with Crippen LogP contribution in [0.15, 0.2) is 0 Å². The summed E-state index contributed by atoms with van der Waals surface area (Å²) in [7, 11) is -9.91. The normalized spacial score (nSPS) is 14.0. The van der Waals surface area contributed by atoms with Gasteiger partial charge in [-0.05, 0) is 37.5 Å². The number of unbranched alkanes of at least 4 members (excludes halogenated alkanes) is 46. The number of esters is 4. The van der Waals surface area contributed by atoms with Gasteiger partial charge in [0, 0.05) is 25.7 Å². The molecule has 3 N–H and O–H groups in total. The zero-order valence-electron chi connectivity index (χ0n) is 62.7. The predicted octanol–water partition coefficient (Wildman–Crippen LogP) is 22.7. The second-order valence-electron chi connectivity index (χ2n) is 28.7. The van der Waals surface area contributed by atoms with E-state index in [-0.39, 0.29) is 25.7 Å². The number of carbonyl (C=O) groups excluding carboxylic acids is 4. The zero-order chi connectivity index (χ0) is 70.7. The summed E-state index contributed by atoms with van der Waals surface area (Å²) < 4.78 is 68.5. The van der Waals surface area contributed by atoms with Crippen LogP contribution in [0.4, 0.5) is 0 Å². The Morgan fingerprint density at radius 3 is 0.708 bits per heavy atom. The minimum absolute atomic E-state index is 0.108. The quantitative estimate of drug-likeness (QED) is 0.0222. The molecule has 0 rings (SSSR count). The van der Waals surface area contributed by atoms with Crippen molar-refractivity contribution in [1.29, 1.82) is 0 Å². The van der Waals surface area contributed by atoms with E-state index < -0.39 is 97.5 Å². The maximum Gasteiger partial charge on any atom is 0.472 e. The van der Waals surface area contributed by atoms with Gasteiger partial charge in [-0.15, -0.1) is 0 Å². The average Bonchev–Trinajstić information content (AvgIpc) is 3.68. The van der Waals surface area contributed by atoms with Gasteiger partial charge in [0.2, 0.25) is 0 Å². The summed E-state index contributed by atoms with van der Waals surface area (Å²) >= 11 is 0. The predicted molar refractivity (Wildman–Crippen MR) is 391 cm³/mol. The van der Waals surface area contributed by atoms with Gasteiger partial charge < -0.3 is 33.8 Å². The lowest BCUT2D eigenvalue weighted by Crippen LogP contribution is -2.30. The van der Waals surface area contributed by atoms with Gasteiger partial charge in [0.1, 0.15) is 19.3 Å². The summed E-state index contributed by atoms with van der Waals surface area (Å²) in [6.07, 6.45) is 56.8. The largest absolute Gasteiger partial charge is 0.472 e. The fourth-order valence-corrected chi connectivity index (χ4v) is 13.4. The third-order valence-electron chi connectivity index (χ3n) is 18.0. The molecule has 0 aliphatic carbocycles. The van der Waals surface area contributed by atoms with Crippen LogP contribution in [0.2, 0.25) is 0 Å². The van der Waals surface area contributed by atoms with E-state index in [4.69, 9.17) is 37.0 Å². The standard InChI is InChI=1S/C77H150O17P2/c1-7-9-11-13-15-17-18-19-26-32-37-43-49-55-61-76(81)93-72(65-87-74(79)59-53-47-41-16-14-12-10-8-2)67-91-95(83,84)89-63-71(78)64-90-96(85,86)92-68-73(94-77(82)62-56-50-44-38-33-28-23-21-25-30-35-40-46-52-58-70(5)6)66-88-75(80)60-54-48-42-36-31-27-22-20-24-29-34-39-45-51-57-69(3)4/h69-73,78H,7-68H2,1-6H3,(H,83,84)(H,85,86)/t71-,72+,73+/m0/s1. The van der Waals surface area contributed by atoms with Gasteiger partial charge in [-0.1, -0.05) is 350 Å². The number of phosphoric acid groups is 2. The Labute approximate surface area is 588 Å². The number of hydrogen-bond donors (Lipinski definition) is 3. The van der Waals surface area contributed by atoms with E-state index in [1.807, 2.05) is 0 Å². The Bertz CT molecular complexity index is 1860. The molecule has 0 saturated heterocycles. The first-order chi connectivity index (χ1) is 46.4. The smallest absolute Gasteiger partial charge is 0.462 e. The monoisotopic (exact) mass is 1410 g/mol. The number of rotatable bonds is 76. The van der Waals surface area contributed by atoms with E-state index in [2.05, 4.69) is 41.5 Å². The maximum atomic E-state index is 13.1. The van der Waals surface area contributed by atoms with Gasteiger partial charge in [0.25, 0.3) is 0 Å². The molecule has 0 aromatic heterocycles. The molecular weight excluding hydrogens is 1260 g/mol. The van der Waals surface area contributed by atoms with Crippen LogP contribution in [0, 0.1) is 11.8 Å². The maximum absolute atomic E-state index is 13.1. The fourth-order valence-electron chi connectivity index (χ4n) is 11.8. The molecule has 0 aliphatic rings. The van der Waals surface area contributed by atoms with Crippen LogP contribution in [0.5, 0.6) is 0 Å². The summed E-state index contributed by atoms with van der Waals surface area (Å²) in [5.74, 6) is -0.520. The van der Waals surface area contributed by atoms with E-state index in [1.54, 1.807) is 0 Å². The van der Waals surface area contributed by atoms with Gasteiger partial charge in [-0.2, -0.15) is 0 Å². The molecule has 0 bridgehead atoms. The lowest BCUT2D eigenvalue weighted by Gasteiger charge is -2.21. The van der Waals surface area contributed by atoms with Crippen molar-refractivity contribution in [3.63, 3.8) is 0 Å². The molecule has 0 fully saturated rings. The summed E-state index contributed by atoms with van der Waals surface area (Å²) in [5, 5.41) is 10.6. The third kappa shape index (κ3) is 70.5. The SMILES string of the molecule is CCCCCCCCCCCCCCCCC(=O)O[C@H](COC(=O)CCCCCCCCCC)COP(=O)(O)OC[C@H](O)COP(=O)(O)OC[C@@H](COC(=O)CCCCCCCCCCCCCCCCC(C)C)OC(=O)CCCCCCCCCCCCCCCCC(C)C. The molecular formula is C77H150O17P2. The molecule has 570 valence electrons. The van der Waals surface area contributed by atoms with Gasteiger partial charge in [-0.25, -0.2) is 9.13 Å². The number of phosphoric ester groups is 2. The van der Waals surface area contributed by atoms with Gasteiger partial charge in [0.05, 0.1) is 26.4 Å². The molecule has 2 unspecified atom stereocenters. The van der Waals surface area contributed by atoms with E-state index in [0.29, 0.717) is 25.7 Å². The van der Waals surface area contributed by atoms with Gasteiger partial charge in [0.15, 0.2) is 12.2 Å². The van der Waals surface area contributed by atoms with E-state index in [9.17, 15) is 43.2 Å². The van der Waals surface area contributed by atoms with Crippen LogP contribution >= 0.6 is 15.6 Å². The molecule has 0 amide bonds. The Kier molecular flexibility index (Phi) is 67.4. The lowest BCUT2D eigenvalue weighted by atomic mass is 10.0. The van der Waals surface area contributed by atoms with Gasteiger partial charge in [-0.3, -0.25) is 37.3 Å². The lowest BCUT2D eigenvalue weighted by molar-refractivity contribution is -0.161. The van der Waals surface area contributed by atoms with Crippen LogP contribution in [0.25, 0.3) is 0 Å². The van der Waals surface area contributed by atoms with E-state index in [1.165, 1.54) is 212 Å². The van der Waals surface area contributed by atoms with Crippen LogP contribution < -0.4 is 0 Å². The Morgan fingerprint density at radius 2 is 0.479 bits per heavy atom. The number of carbonyl (C=O) groups is 4. The molecule has 5 atom stereocenters. The number of aliphatic hydroxyl groups is 1. The Balaban J connectivity index is 5.21. The molecule has 0 spiro atoms. The highest BCUT2D eigenvalue weighted by Gasteiger charge is 2.30. The highest BCUT2D eigenvalue weighted by molar-refractivity contribution is 7.47. The topological polar surface area (TPSA) is 237 Å². The van der Waals surface area contributed by atoms with Crippen LogP contribution in [0.1, 0.15) is 401 Å². The van der Waals surface area contributed by atoms with Crippen molar-refractivity contribution in [1.82, 2.24) is 0 Å². The van der Waals surface area contributed by atoms with Crippen molar-refractivity contribution in [2.75, 3.05) is 39.6 Å². The summed E-state index contributed by atoms with van der Waals surface area (Å²) in [6.45, 7) is 9.63. The highest BCUT2D eigenvalue weighted by Crippen LogP contribution is 2.45. The van der Waals surface area contributed by atoms with Crippen LogP contribution in [-0.2, 0) is 65.4 Å². The molecule has 0 aromatic rings. The van der Waals surface area contributed by atoms with Crippen LogP contribution in [-0.4, -0.2) is 96.7 Å². The van der Waals surface area contributed by atoms with Crippen molar-refractivity contribution in [2.24, 2.45) is 11.8 Å². The molecule has 19 heteroatoms. The highest BCUT2D eigenvalue weighted by atomic mass is 31.2. The molecule has 0 aliphatic heterocycles. The Morgan fingerprint density at radius 1 is 0.281 bits per heavy atom. The summed E-state index contributed by atoms with van der Waals surface area (Å²) in [4.78, 5) is 72.8. The minimum Gasteiger partial charge on any atom is -0.462 e. The van der Waals surface area contributed by atoms with Crippen molar-refractivity contribution in [2.45, 2.75) is 419 Å². The number of ether oxygens (including phenoxy) is 4. The Hall–Kier alpha value is -1.94. The van der Waals surface area contributed by atoms with E-state index >= 15 is 0 Å². The first-order valence-corrected chi connectivity index (χ1v) is 43.0. The van der Waals surface area contributed by atoms with E-state index in [0.717, 1.165) is 108 Å². The molecule has 0 radical (unpaired) electrons. The molecule has 0 aromatic carbocycles. The number of aliphatic hydroxyl groups excluding tert-OH is 1. The average molecular weight is 1410 g/mol. The van der Waals surface area contributed by atoms with Crippen molar-refractivity contribution < 1.29 is 80.2 Å². The summed E-state index contributed by atoms with van der Waals surface area (Å²) in [6, 6.07) is 0. The summed E-state index contributed by atoms with van der Waals surface area (Å²) in [5.41, 5.74) is 0. The second-order valence-corrected chi connectivity index (χ2v) is 31.6. The minimum atomic E-state index is -4.96. The van der Waals surface area contributed by atoms with Crippen molar-refractivity contribution in [3.05, 3.63) is 0 Å². The first kappa shape index (κ1) is 94.1. The zero-order valence-corrected chi connectivity index (χ0v) is 64.5. The fraction of sp³-hybridized carbons (Fsp3) is 0.948.